The molecule has 0 spiro atoms. The lowest BCUT2D eigenvalue weighted by Crippen LogP contribution is -2.43. The first kappa shape index (κ1) is 12.2. The summed E-state index contributed by atoms with van der Waals surface area (Å²) in [6.07, 6.45) is 6.45. The molecule has 2 fully saturated rings. The summed E-state index contributed by atoms with van der Waals surface area (Å²) < 4.78 is 3.10. The Labute approximate surface area is 115 Å². The third kappa shape index (κ3) is 2.62. The molecule has 2 aliphatic rings. The molecule has 1 saturated carbocycles. The van der Waals surface area contributed by atoms with E-state index < -0.39 is 0 Å². The number of carbonyl (C=O) groups excluding carboxylic acids is 1. The molecule has 4 nitrogen and oxygen atoms in total. The molecule has 1 aliphatic carbocycles. The molecular formula is C13H18BrN3O. The molecule has 0 aromatic carbocycles. The zero-order chi connectivity index (χ0) is 12.5. The Hall–Kier alpha value is -0.810. The van der Waals surface area contributed by atoms with E-state index >= 15 is 0 Å². The molecule has 2 heterocycles. The Morgan fingerprint density at radius 1 is 1.33 bits per heavy atom. The average molecular weight is 312 g/mol. The summed E-state index contributed by atoms with van der Waals surface area (Å²) in [4.78, 5) is 12.3. The van der Waals surface area contributed by atoms with E-state index in [0.29, 0.717) is 12.1 Å². The highest BCUT2D eigenvalue weighted by Gasteiger charge is 2.28. The first-order chi connectivity index (χ1) is 8.74. The molecule has 98 valence electrons. The number of carbonyl (C=O) groups is 1. The third-order valence-corrected chi connectivity index (χ3v) is 4.10. The minimum absolute atomic E-state index is 0.0690. The summed E-state index contributed by atoms with van der Waals surface area (Å²) in [6.45, 7) is 2.00. The molecule has 1 aromatic heterocycles. The Morgan fingerprint density at radius 3 is 2.72 bits per heavy atom. The van der Waals surface area contributed by atoms with Gasteiger partial charge in [0.15, 0.2) is 0 Å². The van der Waals surface area contributed by atoms with Crippen molar-refractivity contribution in [2.24, 2.45) is 0 Å². The molecule has 1 aromatic rings. The highest BCUT2D eigenvalue weighted by atomic mass is 79.9. The fourth-order valence-corrected chi connectivity index (χ4v) is 2.95. The van der Waals surface area contributed by atoms with Crippen LogP contribution in [-0.4, -0.2) is 29.6 Å². The van der Waals surface area contributed by atoms with Crippen molar-refractivity contribution >= 4 is 21.8 Å². The molecule has 5 heteroatoms. The number of amides is 1. The lowest BCUT2D eigenvalue weighted by Gasteiger charge is -2.23. The van der Waals surface area contributed by atoms with E-state index in [-0.39, 0.29) is 5.91 Å². The van der Waals surface area contributed by atoms with E-state index in [9.17, 15) is 4.79 Å². The van der Waals surface area contributed by atoms with Crippen molar-refractivity contribution in [3.05, 3.63) is 22.4 Å². The number of halogens is 1. The average Bonchev–Trinajstić information content (AvgIpc) is 3.13. The van der Waals surface area contributed by atoms with E-state index in [1.165, 1.54) is 12.8 Å². The van der Waals surface area contributed by atoms with Gasteiger partial charge in [0.25, 0.3) is 5.91 Å². The van der Waals surface area contributed by atoms with Crippen LogP contribution in [0.3, 0.4) is 0 Å². The molecular weight excluding hydrogens is 294 g/mol. The predicted octanol–water partition coefficient (Wildman–Crippen LogP) is 2.07. The first-order valence-electron chi connectivity index (χ1n) is 6.63. The van der Waals surface area contributed by atoms with Crippen LogP contribution in [0.1, 0.15) is 42.2 Å². The Bertz CT molecular complexity index is 447. The fourth-order valence-electron chi connectivity index (χ4n) is 2.51. The van der Waals surface area contributed by atoms with Crippen molar-refractivity contribution in [2.75, 3.05) is 13.1 Å². The summed E-state index contributed by atoms with van der Waals surface area (Å²) >= 11 is 3.46. The van der Waals surface area contributed by atoms with Gasteiger partial charge in [-0.15, -0.1) is 0 Å². The van der Waals surface area contributed by atoms with Gasteiger partial charge >= 0.3 is 0 Å². The maximum Gasteiger partial charge on any atom is 0.268 e. The highest BCUT2D eigenvalue weighted by Crippen LogP contribution is 2.37. The fraction of sp³-hybridized carbons (Fsp3) is 0.615. The standard InChI is InChI=1S/C13H18BrN3O/c14-9-7-12(17(8-9)11-1-2-11)13(18)16-10-3-5-15-6-4-10/h7-8,10-11,15H,1-6H2,(H,16,18). The van der Waals surface area contributed by atoms with Gasteiger partial charge in [-0.05, 0) is 60.8 Å². The van der Waals surface area contributed by atoms with Crippen molar-refractivity contribution in [2.45, 2.75) is 37.8 Å². The Morgan fingerprint density at radius 2 is 2.06 bits per heavy atom. The maximum absolute atomic E-state index is 12.3. The van der Waals surface area contributed by atoms with Gasteiger partial charge in [-0.1, -0.05) is 0 Å². The lowest BCUT2D eigenvalue weighted by atomic mass is 10.1. The Balaban J connectivity index is 1.71. The summed E-state index contributed by atoms with van der Waals surface area (Å²) in [7, 11) is 0. The van der Waals surface area contributed by atoms with Crippen LogP contribution in [0.5, 0.6) is 0 Å². The number of nitrogens with one attached hydrogen (secondary N) is 2. The Kier molecular flexibility index (Phi) is 3.43. The van der Waals surface area contributed by atoms with Crippen LogP contribution in [0.4, 0.5) is 0 Å². The number of piperidine rings is 1. The number of nitrogens with zero attached hydrogens (tertiary/aromatic N) is 1. The largest absolute Gasteiger partial charge is 0.348 e. The maximum atomic E-state index is 12.3. The SMILES string of the molecule is O=C(NC1CCNCC1)c1cc(Br)cn1C1CC1. The molecule has 0 unspecified atom stereocenters. The van der Waals surface area contributed by atoms with Crippen LogP contribution in [0, 0.1) is 0 Å². The van der Waals surface area contributed by atoms with Gasteiger partial charge in [-0.2, -0.15) is 0 Å². The van der Waals surface area contributed by atoms with Gasteiger partial charge in [0, 0.05) is 22.8 Å². The molecule has 0 radical (unpaired) electrons. The van der Waals surface area contributed by atoms with Crippen molar-refractivity contribution in [3.63, 3.8) is 0 Å². The van der Waals surface area contributed by atoms with Crippen LogP contribution in [0.25, 0.3) is 0 Å². The van der Waals surface area contributed by atoms with Gasteiger partial charge in [-0.25, -0.2) is 0 Å². The van der Waals surface area contributed by atoms with Crippen LogP contribution in [0.2, 0.25) is 0 Å². The summed E-state index contributed by atoms with van der Waals surface area (Å²) in [5.74, 6) is 0.0690. The summed E-state index contributed by atoms with van der Waals surface area (Å²) in [5.41, 5.74) is 0.794. The van der Waals surface area contributed by atoms with Crippen LogP contribution in [-0.2, 0) is 0 Å². The lowest BCUT2D eigenvalue weighted by molar-refractivity contribution is 0.0920. The minimum Gasteiger partial charge on any atom is -0.348 e. The van der Waals surface area contributed by atoms with E-state index in [1.54, 1.807) is 0 Å². The second-order valence-corrected chi connectivity index (χ2v) is 6.10. The van der Waals surface area contributed by atoms with E-state index in [0.717, 1.165) is 36.1 Å². The van der Waals surface area contributed by atoms with Crippen LogP contribution in [0.15, 0.2) is 16.7 Å². The monoisotopic (exact) mass is 311 g/mol. The molecule has 18 heavy (non-hydrogen) atoms. The molecule has 2 N–H and O–H groups in total. The topological polar surface area (TPSA) is 46.1 Å². The number of rotatable bonds is 3. The highest BCUT2D eigenvalue weighted by molar-refractivity contribution is 9.10. The zero-order valence-electron chi connectivity index (χ0n) is 10.3. The minimum atomic E-state index is 0.0690. The normalized spacial score (nSPS) is 20.9. The number of hydrogen-bond acceptors (Lipinski definition) is 2. The molecule has 1 saturated heterocycles. The van der Waals surface area contributed by atoms with Crippen LogP contribution >= 0.6 is 15.9 Å². The number of aromatic nitrogens is 1. The summed E-state index contributed by atoms with van der Waals surface area (Å²) in [5, 5.41) is 6.46. The second kappa shape index (κ2) is 5.05. The zero-order valence-corrected chi connectivity index (χ0v) is 11.9. The second-order valence-electron chi connectivity index (χ2n) is 5.18. The molecule has 3 rings (SSSR count). The van der Waals surface area contributed by atoms with Crippen molar-refractivity contribution in [1.29, 1.82) is 0 Å². The van der Waals surface area contributed by atoms with Gasteiger partial charge in [0.05, 0.1) is 0 Å². The number of hydrogen-bond donors (Lipinski definition) is 2. The molecule has 0 atom stereocenters. The molecule has 0 bridgehead atoms. The van der Waals surface area contributed by atoms with E-state index in [2.05, 4.69) is 31.1 Å². The smallest absolute Gasteiger partial charge is 0.268 e. The van der Waals surface area contributed by atoms with Crippen molar-refractivity contribution in [3.8, 4) is 0 Å². The van der Waals surface area contributed by atoms with Gasteiger partial charge < -0.3 is 15.2 Å². The van der Waals surface area contributed by atoms with E-state index in [4.69, 9.17) is 0 Å². The summed E-state index contributed by atoms with van der Waals surface area (Å²) in [6, 6.07) is 2.78. The van der Waals surface area contributed by atoms with E-state index in [1.807, 2.05) is 12.3 Å². The van der Waals surface area contributed by atoms with Gasteiger partial charge in [-0.3, -0.25) is 4.79 Å². The first-order valence-corrected chi connectivity index (χ1v) is 7.42. The van der Waals surface area contributed by atoms with Crippen molar-refractivity contribution in [1.82, 2.24) is 15.2 Å². The van der Waals surface area contributed by atoms with Gasteiger partial charge in [0.1, 0.15) is 5.69 Å². The predicted molar refractivity (Wildman–Crippen MR) is 73.8 cm³/mol. The van der Waals surface area contributed by atoms with Crippen LogP contribution < -0.4 is 10.6 Å². The molecule has 1 amide bonds. The molecule has 1 aliphatic heterocycles. The van der Waals surface area contributed by atoms with Crippen molar-refractivity contribution < 1.29 is 4.79 Å². The third-order valence-electron chi connectivity index (χ3n) is 3.66. The van der Waals surface area contributed by atoms with Gasteiger partial charge in [0.2, 0.25) is 0 Å². The quantitative estimate of drug-likeness (QED) is 0.897.